The van der Waals surface area contributed by atoms with Crippen LogP contribution in [0.4, 0.5) is 5.82 Å². The van der Waals surface area contributed by atoms with Gasteiger partial charge in [0.15, 0.2) is 0 Å². The zero-order valence-corrected chi connectivity index (χ0v) is 10.9. The molecule has 0 saturated carbocycles. The maximum Gasteiger partial charge on any atom is 0.221 e. The van der Waals surface area contributed by atoms with Crippen LogP contribution in [0.25, 0.3) is 0 Å². The fraction of sp³-hybridized carbons (Fsp3) is 0.667. The Labute approximate surface area is 103 Å². The van der Waals surface area contributed by atoms with Crippen LogP contribution in [-0.2, 0) is 0 Å². The first-order valence-electron chi connectivity index (χ1n) is 6.13. The Bertz CT molecular complexity index is 343. The van der Waals surface area contributed by atoms with Crippen LogP contribution in [0, 0.1) is 6.92 Å². The molecular formula is C12H22N4O. The predicted molar refractivity (Wildman–Crippen MR) is 69.5 cm³/mol. The summed E-state index contributed by atoms with van der Waals surface area (Å²) < 4.78 is 5.47. The molecule has 0 bridgehead atoms. The number of aromatic nitrogens is 2. The van der Waals surface area contributed by atoms with Crippen molar-refractivity contribution in [2.45, 2.75) is 27.2 Å². The smallest absolute Gasteiger partial charge is 0.221 e. The number of hydrogen-bond donors (Lipinski definition) is 1. The largest absolute Gasteiger partial charge is 0.478 e. The van der Waals surface area contributed by atoms with Crippen molar-refractivity contribution in [1.29, 1.82) is 0 Å². The van der Waals surface area contributed by atoms with Crippen molar-refractivity contribution < 1.29 is 4.74 Å². The average Bonchev–Trinajstić information content (AvgIpc) is 2.34. The Hall–Kier alpha value is -1.36. The van der Waals surface area contributed by atoms with E-state index in [4.69, 9.17) is 10.5 Å². The molecule has 0 aliphatic heterocycles. The van der Waals surface area contributed by atoms with Gasteiger partial charge in [-0.25, -0.2) is 9.97 Å². The maximum atomic E-state index is 5.54. The molecule has 1 aromatic rings. The topological polar surface area (TPSA) is 64.3 Å². The minimum absolute atomic E-state index is 0.617. The fourth-order valence-corrected chi connectivity index (χ4v) is 1.72. The van der Waals surface area contributed by atoms with E-state index in [0.29, 0.717) is 19.0 Å². The minimum atomic E-state index is 0.617. The molecule has 5 nitrogen and oxygen atoms in total. The highest BCUT2D eigenvalue weighted by atomic mass is 16.5. The summed E-state index contributed by atoms with van der Waals surface area (Å²) in [6.07, 6.45) is 2.51. The predicted octanol–water partition coefficient (Wildman–Crippen LogP) is 1.36. The summed E-state index contributed by atoms with van der Waals surface area (Å²) >= 11 is 0. The summed E-state index contributed by atoms with van der Waals surface area (Å²) in [5, 5.41) is 0. The Morgan fingerprint density at radius 3 is 2.71 bits per heavy atom. The minimum Gasteiger partial charge on any atom is -0.478 e. The van der Waals surface area contributed by atoms with Gasteiger partial charge in [0.25, 0.3) is 0 Å². The van der Waals surface area contributed by atoms with E-state index in [2.05, 4.69) is 21.8 Å². The quantitative estimate of drug-likeness (QED) is 0.777. The first-order valence-corrected chi connectivity index (χ1v) is 6.13. The van der Waals surface area contributed by atoms with Gasteiger partial charge in [-0.05, 0) is 33.7 Å². The SMILES string of the molecule is CCOc1ncnc(N(CC)CCCN)c1C. The molecule has 0 unspecified atom stereocenters. The number of ether oxygens (including phenoxy) is 1. The van der Waals surface area contributed by atoms with Gasteiger partial charge in [0, 0.05) is 13.1 Å². The van der Waals surface area contributed by atoms with Crippen LogP contribution in [0.2, 0.25) is 0 Å². The lowest BCUT2D eigenvalue weighted by atomic mass is 10.3. The third-order valence-corrected chi connectivity index (χ3v) is 2.61. The Morgan fingerprint density at radius 2 is 2.12 bits per heavy atom. The normalized spacial score (nSPS) is 10.4. The summed E-state index contributed by atoms with van der Waals surface area (Å²) in [6.45, 7) is 9.18. The Morgan fingerprint density at radius 1 is 1.35 bits per heavy atom. The van der Waals surface area contributed by atoms with Gasteiger partial charge >= 0.3 is 0 Å². The third kappa shape index (κ3) is 3.56. The highest BCUT2D eigenvalue weighted by Crippen LogP contribution is 2.23. The van der Waals surface area contributed by atoms with Gasteiger partial charge in [0.2, 0.25) is 5.88 Å². The number of anilines is 1. The lowest BCUT2D eigenvalue weighted by Crippen LogP contribution is -2.27. The van der Waals surface area contributed by atoms with Crippen LogP contribution in [0.5, 0.6) is 5.88 Å². The van der Waals surface area contributed by atoms with Crippen LogP contribution >= 0.6 is 0 Å². The van der Waals surface area contributed by atoms with Gasteiger partial charge in [-0.15, -0.1) is 0 Å². The highest BCUT2D eigenvalue weighted by molar-refractivity contribution is 5.49. The monoisotopic (exact) mass is 238 g/mol. The van der Waals surface area contributed by atoms with E-state index < -0.39 is 0 Å². The number of nitrogens with zero attached hydrogens (tertiary/aromatic N) is 3. The molecule has 1 aromatic heterocycles. The number of hydrogen-bond acceptors (Lipinski definition) is 5. The molecule has 0 spiro atoms. The summed E-state index contributed by atoms with van der Waals surface area (Å²) in [7, 11) is 0. The fourth-order valence-electron chi connectivity index (χ4n) is 1.72. The zero-order chi connectivity index (χ0) is 12.7. The van der Waals surface area contributed by atoms with Crippen LogP contribution in [0.3, 0.4) is 0 Å². The van der Waals surface area contributed by atoms with Crippen molar-refractivity contribution in [2.24, 2.45) is 5.73 Å². The Kier molecular flexibility index (Phi) is 5.69. The van der Waals surface area contributed by atoms with E-state index in [1.54, 1.807) is 6.33 Å². The van der Waals surface area contributed by atoms with E-state index in [-0.39, 0.29) is 0 Å². The van der Waals surface area contributed by atoms with Gasteiger partial charge in [-0.1, -0.05) is 0 Å². The second-order valence-electron chi connectivity index (χ2n) is 3.78. The number of rotatable bonds is 7. The second-order valence-corrected chi connectivity index (χ2v) is 3.78. The molecule has 0 radical (unpaired) electrons. The van der Waals surface area contributed by atoms with Gasteiger partial charge in [0.05, 0.1) is 12.2 Å². The van der Waals surface area contributed by atoms with E-state index >= 15 is 0 Å². The van der Waals surface area contributed by atoms with Crippen molar-refractivity contribution in [3.8, 4) is 5.88 Å². The highest BCUT2D eigenvalue weighted by Gasteiger charge is 2.13. The molecule has 1 rings (SSSR count). The van der Waals surface area contributed by atoms with Gasteiger partial charge < -0.3 is 15.4 Å². The molecule has 0 atom stereocenters. The number of nitrogens with two attached hydrogens (primary N) is 1. The maximum absolute atomic E-state index is 5.54. The first kappa shape index (κ1) is 13.7. The molecule has 5 heteroatoms. The summed E-state index contributed by atoms with van der Waals surface area (Å²) in [6, 6.07) is 0. The second kappa shape index (κ2) is 7.06. The molecule has 0 saturated heterocycles. The van der Waals surface area contributed by atoms with Crippen LogP contribution in [0.15, 0.2) is 6.33 Å². The molecule has 17 heavy (non-hydrogen) atoms. The lowest BCUT2D eigenvalue weighted by molar-refractivity contribution is 0.323. The molecule has 0 amide bonds. The summed E-state index contributed by atoms with van der Waals surface area (Å²) in [4.78, 5) is 10.7. The average molecular weight is 238 g/mol. The van der Waals surface area contributed by atoms with E-state index in [1.807, 2.05) is 13.8 Å². The molecule has 1 heterocycles. The standard InChI is InChI=1S/C12H22N4O/c1-4-16(8-6-7-13)11-10(3)12(17-5-2)15-9-14-11/h9H,4-8,13H2,1-3H3. The zero-order valence-electron chi connectivity index (χ0n) is 10.9. The molecule has 0 fully saturated rings. The van der Waals surface area contributed by atoms with E-state index in [9.17, 15) is 0 Å². The molecule has 0 aliphatic rings. The summed E-state index contributed by atoms with van der Waals surface area (Å²) in [5.74, 6) is 1.61. The summed E-state index contributed by atoms with van der Waals surface area (Å²) in [5.41, 5.74) is 6.53. The molecular weight excluding hydrogens is 216 g/mol. The molecule has 2 N–H and O–H groups in total. The van der Waals surface area contributed by atoms with E-state index in [1.165, 1.54) is 0 Å². The Balaban J connectivity index is 2.90. The molecule has 0 aromatic carbocycles. The molecule has 0 aliphatic carbocycles. The van der Waals surface area contributed by atoms with Crippen LogP contribution in [0.1, 0.15) is 25.8 Å². The lowest BCUT2D eigenvalue weighted by Gasteiger charge is -2.23. The van der Waals surface area contributed by atoms with Crippen molar-refractivity contribution in [3.05, 3.63) is 11.9 Å². The van der Waals surface area contributed by atoms with Crippen molar-refractivity contribution in [1.82, 2.24) is 9.97 Å². The first-order chi connectivity index (χ1) is 8.24. The van der Waals surface area contributed by atoms with E-state index in [0.717, 1.165) is 30.9 Å². The third-order valence-electron chi connectivity index (χ3n) is 2.61. The van der Waals surface area contributed by atoms with Gasteiger partial charge in [0.1, 0.15) is 12.1 Å². The van der Waals surface area contributed by atoms with Gasteiger partial charge in [-0.2, -0.15) is 0 Å². The van der Waals surface area contributed by atoms with Crippen LogP contribution < -0.4 is 15.4 Å². The van der Waals surface area contributed by atoms with Crippen LogP contribution in [-0.4, -0.2) is 36.2 Å². The van der Waals surface area contributed by atoms with Gasteiger partial charge in [-0.3, -0.25) is 0 Å². The molecule has 96 valence electrons. The van der Waals surface area contributed by atoms with Crippen molar-refractivity contribution in [2.75, 3.05) is 31.1 Å². The van der Waals surface area contributed by atoms with Crippen molar-refractivity contribution >= 4 is 5.82 Å². The van der Waals surface area contributed by atoms with Crippen molar-refractivity contribution in [3.63, 3.8) is 0 Å².